The van der Waals surface area contributed by atoms with Crippen LogP contribution < -0.4 is 10.6 Å². The normalized spacial score (nSPS) is 11.9. The molecule has 0 fully saturated rings. The van der Waals surface area contributed by atoms with Gasteiger partial charge in [0.2, 0.25) is 5.91 Å². The van der Waals surface area contributed by atoms with Crippen LogP contribution in [0.4, 0.5) is 0 Å². The molecule has 0 saturated heterocycles. The minimum Gasteiger partial charge on any atom is -0.354 e. The maximum absolute atomic E-state index is 11.5. The van der Waals surface area contributed by atoms with E-state index in [1.165, 1.54) is 14.2 Å². The van der Waals surface area contributed by atoms with E-state index in [9.17, 15) is 4.79 Å². The lowest BCUT2D eigenvalue weighted by Gasteiger charge is -2.24. The number of nitrogens with one attached hydrogen (secondary N) is 2. The largest absolute Gasteiger partial charge is 0.354 e. The van der Waals surface area contributed by atoms with Crippen LogP contribution in [0.3, 0.4) is 0 Å². The summed E-state index contributed by atoms with van der Waals surface area (Å²) in [7, 11) is 4.80. The Kier molecular flexibility index (Phi) is 5.68. The lowest BCUT2D eigenvalue weighted by molar-refractivity contribution is -0.132. The molecule has 0 aliphatic rings. The summed E-state index contributed by atoms with van der Waals surface area (Å²) in [6.07, 6.45) is -0.397. The van der Waals surface area contributed by atoms with Crippen molar-refractivity contribution >= 4 is 5.91 Å². The molecule has 0 spiro atoms. The van der Waals surface area contributed by atoms with E-state index in [4.69, 9.17) is 9.47 Å². The number of likely N-dealkylation sites (N-methyl/N-ethyl adjacent to an activating group) is 1. The van der Waals surface area contributed by atoms with Gasteiger partial charge >= 0.3 is 0 Å². The van der Waals surface area contributed by atoms with E-state index in [1.54, 1.807) is 20.9 Å². The molecule has 84 valence electrons. The second kappa shape index (κ2) is 5.95. The third-order valence-corrected chi connectivity index (χ3v) is 2.15. The van der Waals surface area contributed by atoms with Crippen molar-refractivity contribution in [1.82, 2.24) is 10.6 Å². The van der Waals surface area contributed by atoms with Crippen LogP contribution in [0.25, 0.3) is 0 Å². The van der Waals surface area contributed by atoms with Gasteiger partial charge in [0.05, 0.1) is 12.1 Å². The molecule has 0 aromatic heterocycles. The van der Waals surface area contributed by atoms with E-state index < -0.39 is 11.8 Å². The summed E-state index contributed by atoms with van der Waals surface area (Å²) in [5.74, 6) is -0.0842. The molecule has 0 atom stereocenters. The Morgan fingerprint density at radius 1 is 1.36 bits per heavy atom. The summed E-state index contributed by atoms with van der Waals surface area (Å²) in [5, 5.41) is 5.63. The predicted molar refractivity (Wildman–Crippen MR) is 54.0 cm³/mol. The van der Waals surface area contributed by atoms with Gasteiger partial charge in [0.25, 0.3) is 0 Å². The fraction of sp³-hybridized carbons (Fsp3) is 0.889. The first-order valence-corrected chi connectivity index (χ1v) is 4.50. The number of amides is 1. The molecule has 5 heteroatoms. The highest BCUT2D eigenvalue weighted by Gasteiger charge is 2.25. The topological polar surface area (TPSA) is 59.6 Å². The first-order valence-electron chi connectivity index (χ1n) is 4.50. The molecule has 14 heavy (non-hydrogen) atoms. The van der Waals surface area contributed by atoms with Crippen molar-refractivity contribution < 1.29 is 14.3 Å². The van der Waals surface area contributed by atoms with E-state index in [1.807, 2.05) is 0 Å². The summed E-state index contributed by atoms with van der Waals surface area (Å²) in [5.41, 5.74) is -0.577. The van der Waals surface area contributed by atoms with Crippen molar-refractivity contribution in [1.29, 1.82) is 0 Å². The predicted octanol–water partition coefficient (Wildman–Crippen LogP) is -0.280. The Morgan fingerprint density at radius 3 is 2.21 bits per heavy atom. The zero-order valence-corrected chi connectivity index (χ0v) is 9.51. The summed E-state index contributed by atoms with van der Waals surface area (Å²) in [4.78, 5) is 11.5. The molecule has 0 rings (SSSR count). The van der Waals surface area contributed by atoms with Gasteiger partial charge in [-0.3, -0.25) is 4.79 Å². The van der Waals surface area contributed by atoms with Crippen molar-refractivity contribution in [3.05, 3.63) is 0 Å². The highest BCUT2D eigenvalue weighted by atomic mass is 16.7. The minimum absolute atomic E-state index is 0.0842. The minimum atomic E-state index is -0.577. The third kappa shape index (κ3) is 4.04. The molecule has 0 bridgehead atoms. The van der Waals surface area contributed by atoms with E-state index in [0.717, 1.165) is 0 Å². The van der Waals surface area contributed by atoms with Crippen molar-refractivity contribution in [3.8, 4) is 0 Å². The smallest absolute Gasteiger partial charge is 0.239 e. The fourth-order valence-corrected chi connectivity index (χ4v) is 0.773. The van der Waals surface area contributed by atoms with E-state index in [2.05, 4.69) is 10.6 Å². The monoisotopic (exact) mass is 204 g/mol. The molecule has 0 unspecified atom stereocenters. The second-order valence-corrected chi connectivity index (χ2v) is 3.49. The lowest BCUT2D eigenvalue weighted by atomic mass is 10.1. The molecule has 0 aromatic carbocycles. The summed E-state index contributed by atoms with van der Waals surface area (Å²) in [6, 6.07) is 0. The number of rotatable bonds is 6. The molecule has 0 aromatic rings. The van der Waals surface area contributed by atoms with Gasteiger partial charge in [-0.1, -0.05) is 0 Å². The molecule has 0 aliphatic carbocycles. The van der Waals surface area contributed by atoms with Gasteiger partial charge in [-0.2, -0.15) is 0 Å². The Morgan fingerprint density at radius 2 is 1.86 bits per heavy atom. The quantitative estimate of drug-likeness (QED) is 0.584. The first-order chi connectivity index (χ1) is 6.47. The van der Waals surface area contributed by atoms with Crippen LogP contribution in [0.15, 0.2) is 0 Å². The Balaban J connectivity index is 3.95. The Bertz CT molecular complexity index is 179. The SMILES string of the molecule is CNC(C)(C)C(=O)NCC(OC)OC. The second-order valence-electron chi connectivity index (χ2n) is 3.49. The molecule has 5 nitrogen and oxygen atoms in total. The standard InChI is InChI=1S/C9H20N2O3/c1-9(2,10-3)8(12)11-6-7(13-4)14-5/h7,10H,6H2,1-5H3,(H,11,12). The lowest BCUT2D eigenvalue weighted by Crippen LogP contribution is -2.52. The van der Waals surface area contributed by atoms with Crippen LogP contribution >= 0.6 is 0 Å². The zero-order valence-electron chi connectivity index (χ0n) is 9.51. The molecule has 1 amide bonds. The van der Waals surface area contributed by atoms with Gasteiger partial charge in [0.1, 0.15) is 0 Å². The molecule has 2 N–H and O–H groups in total. The van der Waals surface area contributed by atoms with Crippen LogP contribution in [0.2, 0.25) is 0 Å². The highest BCUT2D eigenvalue weighted by molar-refractivity contribution is 5.85. The van der Waals surface area contributed by atoms with Gasteiger partial charge < -0.3 is 20.1 Å². The molecule has 0 saturated carbocycles. The Labute approximate surface area is 85.1 Å². The van der Waals surface area contributed by atoms with Crippen LogP contribution in [0.5, 0.6) is 0 Å². The van der Waals surface area contributed by atoms with Gasteiger partial charge in [0.15, 0.2) is 6.29 Å². The van der Waals surface area contributed by atoms with Gasteiger partial charge in [-0.25, -0.2) is 0 Å². The Hall–Kier alpha value is -0.650. The van der Waals surface area contributed by atoms with Crippen LogP contribution in [-0.2, 0) is 14.3 Å². The summed E-state index contributed by atoms with van der Waals surface area (Å²) in [6.45, 7) is 3.95. The first kappa shape index (κ1) is 13.4. The van der Waals surface area contributed by atoms with Gasteiger partial charge in [-0.15, -0.1) is 0 Å². The van der Waals surface area contributed by atoms with Crippen LogP contribution in [0, 0.1) is 0 Å². The van der Waals surface area contributed by atoms with Crippen molar-refractivity contribution in [2.75, 3.05) is 27.8 Å². The fourth-order valence-electron chi connectivity index (χ4n) is 0.773. The van der Waals surface area contributed by atoms with E-state index >= 15 is 0 Å². The molecular weight excluding hydrogens is 184 g/mol. The van der Waals surface area contributed by atoms with E-state index in [0.29, 0.717) is 6.54 Å². The average molecular weight is 204 g/mol. The van der Waals surface area contributed by atoms with Crippen molar-refractivity contribution in [2.24, 2.45) is 0 Å². The average Bonchev–Trinajstić information content (AvgIpc) is 2.19. The summed E-state index contributed by atoms with van der Waals surface area (Å²) >= 11 is 0. The van der Waals surface area contributed by atoms with Crippen LogP contribution in [-0.4, -0.2) is 45.5 Å². The van der Waals surface area contributed by atoms with Gasteiger partial charge in [-0.05, 0) is 20.9 Å². The highest BCUT2D eigenvalue weighted by Crippen LogP contribution is 2.00. The number of carbonyl (C=O) groups is 1. The maximum Gasteiger partial charge on any atom is 0.239 e. The number of carbonyl (C=O) groups excluding carboxylic acids is 1. The number of hydrogen-bond donors (Lipinski definition) is 2. The molecule has 0 radical (unpaired) electrons. The third-order valence-electron chi connectivity index (χ3n) is 2.15. The number of ether oxygens (including phenoxy) is 2. The van der Waals surface area contributed by atoms with Crippen molar-refractivity contribution in [2.45, 2.75) is 25.7 Å². The number of hydrogen-bond acceptors (Lipinski definition) is 4. The number of methoxy groups -OCH3 is 2. The molecule has 0 heterocycles. The van der Waals surface area contributed by atoms with E-state index in [-0.39, 0.29) is 5.91 Å². The molecule has 0 aliphatic heterocycles. The zero-order chi connectivity index (χ0) is 11.2. The van der Waals surface area contributed by atoms with Crippen LogP contribution in [0.1, 0.15) is 13.8 Å². The van der Waals surface area contributed by atoms with Crippen molar-refractivity contribution in [3.63, 3.8) is 0 Å². The molecular formula is C9H20N2O3. The summed E-state index contributed by atoms with van der Waals surface area (Å²) < 4.78 is 9.88. The van der Waals surface area contributed by atoms with Gasteiger partial charge in [0, 0.05) is 14.2 Å². The maximum atomic E-state index is 11.5.